The van der Waals surface area contributed by atoms with Crippen LogP contribution in [-0.4, -0.2) is 32.9 Å². The first kappa shape index (κ1) is 13.3. The van der Waals surface area contributed by atoms with Crippen LogP contribution in [0.15, 0.2) is 16.0 Å². The standard InChI is InChI=1S/C11H16N6OS/c1-7-9(10(12)15-18)11(17(3)14-7)16(2)4-8-5-19-6-13-8/h5-6,18H,4H2,1-3H3,(H2,12,15). The molecule has 0 aliphatic heterocycles. The SMILES string of the molecule is Cc1nn(C)c(N(C)Cc2cscn2)c1C(N)=NO. The molecule has 0 saturated carbocycles. The normalized spacial score (nSPS) is 11.8. The molecule has 0 aliphatic rings. The highest BCUT2D eigenvalue weighted by atomic mass is 32.1. The number of hydrogen-bond acceptors (Lipinski definition) is 6. The number of aromatic nitrogens is 3. The summed E-state index contributed by atoms with van der Waals surface area (Å²) in [6.07, 6.45) is 0. The van der Waals surface area contributed by atoms with E-state index in [1.807, 2.05) is 31.3 Å². The largest absolute Gasteiger partial charge is 0.409 e. The number of rotatable bonds is 4. The lowest BCUT2D eigenvalue weighted by atomic mass is 10.2. The van der Waals surface area contributed by atoms with E-state index >= 15 is 0 Å². The van der Waals surface area contributed by atoms with Crippen molar-refractivity contribution in [3.63, 3.8) is 0 Å². The molecule has 0 aromatic carbocycles. The van der Waals surface area contributed by atoms with E-state index < -0.39 is 0 Å². The number of anilines is 1. The third-order valence-electron chi connectivity index (χ3n) is 2.80. The van der Waals surface area contributed by atoms with Crippen molar-refractivity contribution >= 4 is 23.0 Å². The predicted octanol–water partition coefficient (Wildman–Crippen LogP) is 0.916. The van der Waals surface area contributed by atoms with E-state index in [4.69, 9.17) is 10.9 Å². The molecule has 2 rings (SSSR count). The molecule has 0 amide bonds. The van der Waals surface area contributed by atoms with Crippen LogP contribution in [0.4, 0.5) is 5.82 Å². The van der Waals surface area contributed by atoms with E-state index in [9.17, 15) is 0 Å². The van der Waals surface area contributed by atoms with Gasteiger partial charge in [0.05, 0.1) is 29.0 Å². The fourth-order valence-corrected chi connectivity index (χ4v) is 2.62. The number of thiazole rings is 1. The minimum Gasteiger partial charge on any atom is -0.409 e. The second-order valence-corrected chi connectivity index (χ2v) is 4.95. The molecule has 0 radical (unpaired) electrons. The molecule has 0 spiro atoms. The Morgan fingerprint density at radius 1 is 1.63 bits per heavy atom. The molecular formula is C11H16N6OS. The lowest BCUT2D eigenvalue weighted by Gasteiger charge is -2.19. The van der Waals surface area contributed by atoms with Crippen molar-refractivity contribution in [3.05, 3.63) is 27.8 Å². The lowest BCUT2D eigenvalue weighted by molar-refractivity contribution is 0.318. The van der Waals surface area contributed by atoms with Gasteiger partial charge < -0.3 is 15.8 Å². The molecule has 3 N–H and O–H groups in total. The van der Waals surface area contributed by atoms with Crippen LogP contribution in [0.1, 0.15) is 17.0 Å². The summed E-state index contributed by atoms with van der Waals surface area (Å²) in [4.78, 5) is 6.22. The quantitative estimate of drug-likeness (QED) is 0.376. The zero-order chi connectivity index (χ0) is 14.0. The van der Waals surface area contributed by atoms with E-state index in [-0.39, 0.29) is 5.84 Å². The number of hydrogen-bond donors (Lipinski definition) is 2. The molecule has 8 heteroatoms. The summed E-state index contributed by atoms with van der Waals surface area (Å²) in [5, 5.41) is 18.3. The molecule has 2 heterocycles. The second kappa shape index (κ2) is 5.27. The molecule has 7 nitrogen and oxygen atoms in total. The Bertz CT molecular complexity index is 589. The average molecular weight is 280 g/mol. The zero-order valence-corrected chi connectivity index (χ0v) is 11.8. The van der Waals surface area contributed by atoms with Gasteiger partial charge in [-0.3, -0.25) is 4.68 Å². The van der Waals surface area contributed by atoms with E-state index in [1.54, 1.807) is 21.5 Å². The minimum atomic E-state index is 0.0609. The predicted molar refractivity (Wildman–Crippen MR) is 74.7 cm³/mol. The average Bonchev–Trinajstić information content (AvgIpc) is 2.95. The molecule has 2 aromatic rings. The number of nitrogens with two attached hydrogens (primary N) is 1. The number of nitrogens with zero attached hydrogens (tertiary/aromatic N) is 5. The van der Waals surface area contributed by atoms with Crippen molar-refractivity contribution in [1.82, 2.24) is 14.8 Å². The lowest BCUT2D eigenvalue weighted by Crippen LogP contribution is -2.24. The number of oxime groups is 1. The summed E-state index contributed by atoms with van der Waals surface area (Å²) < 4.78 is 1.72. The smallest absolute Gasteiger partial charge is 0.175 e. The molecule has 102 valence electrons. The van der Waals surface area contributed by atoms with Crippen molar-refractivity contribution in [2.75, 3.05) is 11.9 Å². The van der Waals surface area contributed by atoms with Gasteiger partial charge in [-0.15, -0.1) is 11.3 Å². The van der Waals surface area contributed by atoms with Crippen LogP contribution >= 0.6 is 11.3 Å². The molecule has 0 aliphatic carbocycles. The first-order valence-corrected chi connectivity index (χ1v) is 6.58. The highest BCUT2D eigenvalue weighted by Crippen LogP contribution is 2.23. The molecule has 0 saturated heterocycles. The van der Waals surface area contributed by atoms with Crippen molar-refractivity contribution in [2.45, 2.75) is 13.5 Å². The molecule has 0 atom stereocenters. The van der Waals surface area contributed by atoms with E-state index in [0.29, 0.717) is 12.1 Å². The molecule has 0 bridgehead atoms. The topological polar surface area (TPSA) is 92.6 Å². The number of amidine groups is 1. The first-order chi connectivity index (χ1) is 9.04. The molecule has 19 heavy (non-hydrogen) atoms. The maximum atomic E-state index is 8.88. The summed E-state index contributed by atoms with van der Waals surface area (Å²) >= 11 is 1.55. The maximum Gasteiger partial charge on any atom is 0.175 e. The fourth-order valence-electron chi connectivity index (χ4n) is 2.07. The van der Waals surface area contributed by atoms with Crippen LogP contribution in [0.5, 0.6) is 0 Å². The van der Waals surface area contributed by atoms with Crippen molar-refractivity contribution in [2.24, 2.45) is 17.9 Å². The molecule has 0 fully saturated rings. The highest BCUT2D eigenvalue weighted by Gasteiger charge is 2.20. The van der Waals surface area contributed by atoms with Crippen molar-refractivity contribution < 1.29 is 5.21 Å². The Labute approximate surface area is 115 Å². The van der Waals surface area contributed by atoms with Gasteiger partial charge in [-0.2, -0.15) is 5.10 Å². The van der Waals surface area contributed by atoms with E-state index in [2.05, 4.69) is 15.2 Å². The summed E-state index contributed by atoms with van der Waals surface area (Å²) in [5.41, 5.74) is 9.85. The van der Waals surface area contributed by atoms with Gasteiger partial charge >= 0.3 is 0 Å². The van der Waals surface area contributed by atoms with Gasteiger partial charge in [0.25, 0.3) is 0 Å². The molecule has 2 aromatic heterocycles. The fraction of sp³-hybridized carbons (Fsp3) is 0.364. The van der Waals surface area contributed by atoms with Gasteiger partial charge in [0.1, 0.15) is 5.82 Å². The van der Waals surface area contributed by atoms with Crippen LogP contribution < -0.4 is 10.6 Å². The number of aryl methyl sites for hydroxylation is 2. The van der Waals surface area contributed by atoms with Crippen molar-refractivity contribution in [1.29, 1.82) is 0 Å². The summed E-state index contributed by atoms with van der Waals surface area (Å²) in [6.45, 7) is 2.46. The van der Waals surface area contributed by atoms with E-state index in [1.165, 1.54) is 0 Å². The molecule has 0 unspecified atom stereocenters. The van der Waals surface area contributed by atoms with Gasteiger partial charge in [0.2, 0.25) is 0 Å². The van der Waals surface area contributed by atoms with Gasteiger partial charge in [0, 0.05) is 19.5 Å². The third kappa shape index (κ3) is 2.53. The zero-order valence-electron chi connectivity index (χ0n) is 11.0. The minimum absolute atomic E-state index is 0.0609. The second-order valence-electron chi connectivity index (χ2n) is 4.23. The highest BCUT2D eigenvalue weighted by molar-refractivity contribution is 7.07. The Hall–Kier alpha value is -2.09. The summed E-state index contributed by atoms with van der Waals surface area (Å²) in [7, 11) is 3.75. The molecular weight excluding hydrogens is 264 g/mol. The maximum absolute atomic E-state index is 8.88. The Morgan fingerprint density at radius 3 is 2.95 bits per heavy atom. The summed E-state index contributed by atoms with van der Waals surface area (Å²) in [6, 6.07) is 0. The van der Waals surface area contributed by atoms with Crippen LogP contribution in [-0.2, 0) is 13.6 Å². The van der Waals surface area contributed by atoms with Crippen LogP contribution in [0.25, 0.3) is 0 Å². The first-order valence-electron chi connectivity index (χ1n) is 5.64. The third-order valence-corrected chi connectivity index (χ3v) is 3.44. The summed E-state index contributed by atoms with van der Waals surface area (Å²) in [5.74, 6) is 0.853. The van der Waals surface area contributed by atoms with Crippen LogP contribution in [0, 0.1) is 6.92 Å². The van der Waals surface area contributed by atoms with Crippen LogP contribution in [0.2, 0.25) is 0 Å². The van der Waals surface area contributed by atoms with Gasteiger partial charge in [0.15, 0.2) is 5.84 Å². The van der Waals surface area contributed by atoms with E-state index in [0.717, 1.165) is 17.2 Å². The van der Waals surface area contributed by atoms with Gasteiger partial charge in [-0.1, -0.05) is 5.16 Å². The Morgan fingerprint density at radius 2 is 2.37 bits per heavy atom. The van der Waals surface area contributed by atoms with Crippen molar-refractivity contribution in [3.8, 4) is 0 Å². The monoisotopic (exact) mass is 280 g/mol. The van der Waals surface area contributed by atoms with Gasteiger partial charge in [-0.05, 0) is 6.92 Å². The Kier molecular flexibility index (Phi) is 3.70. The van der Waals surface area contributed by atoms with Gasteiger partial charge in [-0.25, -0.2) is 4.98 Å². The van der Waals surface area contributed by atoms with Crippen LogP contribution in [0.3, 0.4) is 0 Å². The Balaban J connectivity index is 2.38.